The number of para-hydroxylation sites is 2. The van der Waals surface area contributed by atoms with Crippen molar-refractivity contribution in [3.05, 3.63) is 24.3 Å². The van der Waals surface area contributed by atoms with Gasteiger partial charge in [-0.1, -0.05) is 25.5 Å². The summed E-state index contributed by atoms with van der Waals surface area (Å²) in [6.07, 6.45) is 1.40. The van der Waals surface area contributed by atoms with Crippen LogP contribution in [0.1, 0.15) is 19.8 Å². The molecule has 0 aliphatic heterocycles. The van der Waals surface area contributed by atoms with Crippen LogP contribution in [-0.2, 0) is 9.59 Å². The van der Waals surface area contributed by atoms with E-state index in [2.05, 4.69) is 5.32 Å². The van der Waals surface area contributed by atoms with E-state index in [1.54, 1.807) is 24.3 Å². The third-order valence-corrected chi connectivity index (χ3v) is 2.43. The fourth-order valence-electron chi connectivity index (χ4n) is 1.50. The molecular weight excluding hydrogens is 248 g/mol. The molecule has 0 fully saturated rings. The zero-order valence-electron chi connectivity index (χ0n) is 10.8. The van der Waals surface area contributed by atoms with Crippen molar-refractivity contribution in [1.82, 2.24) is 0 Å². The first-order chi connectivity index (χ1) is 9.04. The number of nitrogens with two attached hydrogens (primary N) is 1. The van der Waals surface area contributed by atoms with Crippen LogP contribution in [0, 0.1) is 0 Å². The zero-order valence-corrected chi connectivity index (χ0v) is 10.8. The van der Waals surface area contributed by atoms with Crippen LogP contribution < -0.4 is 15.8 Å². The summed E-state index contributed by atoms with van der Waals surface area (Å²) in [7, 11) is 0. The molecule has 104 valence electrons. The molecule has 0 aliphatic carbocycles. The number of benzene rings is 1. The fraction of sp³-hybridized carbons (Fsp3) is 0.385. The molecule has 0 heterocycles. The maximum absolute atomic E-state index is 11.8. The largest absolute Gasteiger partial charge is 0.480 e. The molecule has 6 heteroatoms. The van der Waals surface area contributed by atoms with E-state index in [-0.39, 0.29) is 5.91 Å². The van der Waals surface area contributed by atoms with Gasteiger partial charge in [0.05, 0.1) is 11.7 Å². The molecule has 6 nitrogen and oxygen atoms in total. The van der Waals surface area contributed by atoms with Gasteiger partial charge < -0.3 is 20.9 Å². The maximum Gasteiger partial charge on any atom is 0.341 e. The van der Waals surface area contributed by atoms with Crippen LogP contribution in [-0.4, -0.2) is 29.6 Å². The third kappa shape index (κ3) is 4.97. The number of carboxylic acid groups (broad SMARTS) is 1. The molecule has 0 unspecified atom stereocenters. The Morgan fingerprint density at radius 1 is 1.42 bits per heavy atom. The van der Waals surface area contributed by atoms with Gasteiger partial charge in [-0.25, -0.2) is 4.79 Å². The van der Waals surface area contributed by atoms with E-state index in [9.17, 15) is 9.59 Å². The standard InChI is InChI=1S/C13H18N2O4/c1-2-5-9(14)13(18)15-10-6-3-4-7-11(10)19-8-12(16)17/h3-4,6-7,9H,2,5,8,14H2,1H3,(H,15,18)(H,16,17)/t9-/m0/s1. The molecule has 0 radical (unpaired) electrons. The Kier molecular flexibility index (Phi) is 5.81. The first kappa shape index (κ1) is 15.0. The van der Waals surface area contributed by atoms with Crippen LogP contribution in [0.5, 0.6) is 5.75 Å². The third-order valence-electron chi connectivity index (χ3n) is 2.43. The summed E-state index contributed by atoms with van der Waals surface area (Å²) < 4.78 is 5.08. The molecular formula is C13H18N2O4. The molecule has 0 spiro atoms. The lowest BCUT2D eigenvalue weighted by Crippen LogP contribution is -2.35. The lowest BCUT2D eigenvalue weighted by atomic mass is 10.1. The molecule has 0 aromatic heterocycles. The maximum atomic E-state index is 11.8. The lowest BCUT2D eigenvalue weighted by molar-refractivity contribution is -0.139. The molecule has 1 aromatic rings. The normalized spacial score (nSPS) is 11.7. The number of amides is 1. The molecule has 4 N–H and O–H groups in total. The predicted octanol–water partition coefficient (Wildman–Crippen LogP) is 1.22. The fourth-order valence-corrected chi connectivity index (χ4v) is 1.50. The summed E-state index contributed by atoms with van der Waals surface area (Å²) in [6, 6.07) is 6.04. The van der Waals surface area contributed by atoms with Crippen molar-refractivity contribution >= 4 is 17.6 Å². The number of ether oxygens (including phenoxy) is 1. The van der Waals surface area contributed by atoms with E-state index < -0.39 is 18.6 Å². The number of anilines is 1. The highest BCUT2D eigenvalue weighted by molar-refractivity contribution is 5.95. The SMILES string of the molecule is CCC[C@H](N)C(=O)Nc1ccccc1OCC(=O)O. The van der Waals surface area contributed by atoms with Gasteiger partial charge in [-0.15, -0.1) is 0 Å². The topological polar surface area (TPSA) is 102 Å². The number of carbonyl (C=O) groups is 2. The lowest BCUT2D eigenvalue weighted by Gasteiger charge is -2.14. The second kappa shape index (κ2) is 7.38. The highest BCUT2D eigenvalue weighted by Crippen LogP contribution is 2.23. The van der Waals surface area contributed by atoms with Gasteiger partial charge in [0.25, 0.3) is 0 Å². The zero-order chi connectivity index (χ0) is 14.3. The molecule has 0 aliphatic rings. The molecule has 1 atom stereocenters. The Bertz CT molecular complexity index is 448. The van der Waals surface area contributed by atoms with Gasteiger partial charge in [0.1, 0.15) is 5.75 Å². The van der Waals surface area contributed by atoms with Crippen molar-refractivity contribution in [2.24, 2.45) is 5.73 Å². The average Bonchev–Trinajstić information content (AvgIpc) is 2.37. The number of hydrogen-bond acceptors (Lipinski definition) is 4. The Labute approximate surface area is 111 Å². The number of carbonyl (C=O) groups excluding carboxylic acids is 1. The van der Waals surface area contributed by atoms with Gasteiger partial charge in [0.15, 0.2) is 6.61 Å². The Morgan fingerprint density at radius 2 is 2.11 bits per heavy atom. The molecule has 19 heavy (non-hydrogen) atoms. The van der Waals surface area contributed by atoms with Crippen LogP contribution in [0.3, 0.4) is 0 Å². The van der Waals surface area contributed by atoms with E-state index >= 15 is 0 Å². The van der Waals surface area contributed by atoms with Crippen molar-refractivity contribution in [3.8, 4) is 5.75 Å². The number of rotatable bonds is 7. The summed E-state index contributed by atoms with van der Waals surface area (Å²) in [6.45, 7) is 1.48. The van der Waals surface area contributed by atoms with Gasteiger partial charge in [-0.05, 0) is 18.6 Å². The van der Waals surface area contributed by atoms with Crippen LogP contribution in [0.25, 0.3) is 0 Å². The molecule has 1 aromatic carbocycles. The second-order valence-corrected chi connectivity index (χ2v) is 4.06. The first-order valence-corrected chi connectivity index (χ1v) is 6.04. The molecule has 1 amide bonds. The number of nitrogens with one attached hydrogen (secondary N) is 1. The van der Waals surface area contributed by atoms with Gasteiger partial charge >= 0.3 is 5.97 Å². The van der Waals surface area contributed by atoms with Gasteiger partial charge in [0, 0.05) is 0 Å². The van der Waals surface area contributed by atoms with Crippen molar-refractivity contribution in [3.63, 3.8) is 0 Å². The summed E-state index contributed by atoms with van der Waals surface area (Å²) >= 11 is 0. The van der Waals surface area contributed by atoms with Crippen molar-refractivity contribution in [2.75, 3.05) is 11.9 Å². The minimum Gasteiger partial charge on any atom is -0.480 e. The number of carboxylic acids is 1. The number of hydrogen-bond donors (Lipinski definition) is 3. The monoisotopic (exact) mass is 266 g/mol. The predicted molar refractivity (Wildman–Crippen MR) is 71.1 cm³/mol. The highest BCUT2D eigenvalue weighted by Gasteiger charge is 2.14. The van der Waals surface area contributed by atoms with Crippen molar-refractivity contribution < 1.29 is 19.4 Å². The Hall–Kier alpha value is -2.08. The molecule has 0 saturated carbocycles. The van der Waals surface area contributed by atoms with E-state index in [1.165, 1.54) is 0 Å². The highest BCUT2D eigenvalue weighted by atomic mass is 16.5. The van der Waals surface area contributed by atoms with E-state index in [0.717, 1.165) is 6.42 Å². The van der Waals surface area contributed by atoms with Crippen LogP contribution in [0.4, 0.5) is 5.69 Å². The van der Waals surface area contributed by atoms with Crippen LogP contribution in [0.2, 0.25) is 0 Å². The summed E-state index contributed by atoms with van der Waals surface area (Å²) in [5.74, 6) is -1.08. The smallest absolute Gasteiger partial charge is 0.341 e. The summed E-state index contributed by atoms with van der Waals surface area (Å²) in [4.78, 5) is 22.3. The minimum absolute atomic E-state index is 0.307. The molecule has 0 bridgehead atoms. The number of aliphatic carboxylic acids is 1. The molecule has 1 rings (SSSR count). The summed E-state index contributed by atoms with van der Waals surface area (Å²) in [5, 5.41) is 11.2. The van der Waals surface area contributed by atoms with Crippen LogP contribution >= 0.6 is 0 Å². The van der Waals surface area contributed by atoms with E-state index in [0.29, 0.717) is 17.9 Å². The van der Waals surface area contributed by atoms with Gasteiger partial charge in [-0.3, -0.25) is 4.79 Å². The molecule has 0 saturated heterocycles. The average molecular weight is 266 g/mol. The van der Waals surface area contributed by atoms with E-state index in [4.69, 9.17) is 15.6 Å². The van der Waals surface area contributed by atoms with E-state index in [1.807, 2.05) is 6.92 Å². The first-order valence-electron chi connectivity index (χ1n) is 6.04. The minimum atomic E-state index is -1.08. The van der Waals surface area contributed by atoms with Crippen molar-refractivity contribution in [2.45, 2.75) is 25.8 Å². The van der Waals surface area contributed by atoms with Gasteiger partial charge in [-0.2, -0.15) is 0 Å². The van der Waals surface area contributed by atoms with Crippen molar-refractivity contribution in [1.29, 1.82) is 0 Å². The van der Waals surface area contributed by atoms with Gasteiger partial charge in [0.2, 0.25) is 5.91 Å². The second-order valence-electron chi connectivity index (χ2n) is 4.06. The Morgan fingerprint density at radius 3 is 2.74 bits per heavy atom. The summed E-state index contributed by atoms with van der Waals surface area (Å²) in [5.41, 5.74) is 6.12. The van der Waals surface area contributed by atoms with Crippen LogP contribution in [0.15, 0.2) is 24.3 Å². The Balaban J connectivity index is 2.71. The quantitative estimate of drug-likeness (QED) is 0.688.